The third-order valence-electron chi connectivity index (χ3n) is 4.71. The maximum atomic E-state index is 10.5. The molecule has 0 radical (unpaired) electrons. The second-order valence-corrected chi connectivity index (χ2v) is 7.59. The van der Waals surface area contributed by atoms with Crippen LogP contribution in [0.4, 0.5) is 0 Å². The first-order valence-electron chi connectivity index (χ1n) is 8.23. The number of aliphatic hydroxyl groups is 1. The molecule has 0 aromatic carbocycles. The van der Waals surface area contributed by atoms with Crippen LogP contribution in [0.25, 0.3) is 0 Å². The molecule has 0 bridgehead atoms. The first-order valence-corrected chi connectivity index (χ1v) is 8.23. The number of rotatable bonds is 5. The van der Waals surface area contributed by atoms with Gasteiger partial charge < -0.3 is 14.4 Å². The van der Waals surface area contributed by atoms with Gasteiger partial charge in [0.25, 0.3) is 0 Å². The molecule has 2 unspecified atom stereocenters. The van der Waals surface area contributed by atoms with Gasteiger partial charge in [-0.2, -0.15) is 0 Å². The van der Waals surface area contributed by atoms with Gasteiger partial charge in [0.15, 0.2) is 0 Å². The molecular weight excluding hydrogens is 262 g/mol. The summed E-state index contributed by atoms with van der Waals surface area (Å²) in [6.45, 7) is 14.7. The fourth-order valence-electron chi connectivity index (χ4n) is 3.63. The van der Waals surface area contributed by atoms with Crippen LogP contribution in [0.1, 0.15) is 70.1 Å². The highest BCUT2D eigenvalue weighted by molar-refractivity contribution is 5.34. The highest BCUT2D eigenvalue weighted by Gasteiger charge is 2.35. The van der Waals surface area contributed by atoms with E-state index in [2.05, 4.69) is 45.3 Å². The molecule has 0 saturated carbocycles. The lowest BCUT2D eigenvalue weighted by molar-refractivity contribution is 0.0830. The molecule has 3 heteroatoms. The van der Waals surface area contributed by atoms with E-state index < -0.39 is 0 Å². The number of fused-ring (bicyclic) bond motifs is 1. The molecule has 1 N–H and O–H groups in total. The Balaban J connectivity index is 2.44. The molecule has 1 aliphatic rings. The molecule has 1 aromatic rings. The van der Waals surface area contributed by atoms with Gasteiger partial charge >= 0.3 is 0 Å². The number of ether oxygens (including phenoxy) is 1. The van der Waals surface area contributed by atoms with Crippen LogP contribution >= 0.6 is 0 Å². The van der Waals surface area contributed by atoms with Crippen molar-refractivity contribution in [3.05, 3.63) is 23.0 Å². The van der Waals surface area contributed by atoms with Gasteiger partial charge in [0, 0.05) is 23.6 Å². The third kappa shape index (κ3) is 3.35. The lowest BCUT2D eigenvalue weighted by Gasteiger charge is -2.36. The lowest BCUT2D eigenvalue weighted by atomic mass is 9.75. The minimum Gasteiger partial charge on any atom is -0.388 e. The van der Waals surface area contributed by atoms with E-state index in [-0.39, 0.29) is 11.5 Å². The van der Waals surface area contributed by atoms with Crippen LogP contribution in [0.15, 0.2) is 6.07 Å². The average Bonchev–Trinajstić information content (AvgIpc) is 2.66. The van der Waals surface area contributed by atoms with E-state index in [9.17, 15) is 5.11 Å². The number of nitrogens with zero attached hydrogens (tertiary/aromatic N) is 1. The third-order valence-corrected chi connectivity index (χ3v) is 4.71. The highest BCUT2D eigenvalue weighted by Crippen LogP contribution is 2.43. The van der Waals surface area contributed by atoms with Gasteiger partial charge in [0.2, 0.25) is 0 Å². The van der Waals surface area contributed by atoms with Crippen LogP contribution in [-0.2, 0) is 11.2 Å². The van der Waals surface area contributed by atoms with Crippen LogP contribution in [0.5, 0.6) is 0 Å². The van der Waals surface area contributed by atoms with Crippen molar-refractivity contribution in [1.82, 2.24) is 4.57 Å². The lowest BCUT2D eigenvalue weighted by Crippen LogP contribution is -2.30. The van der Waals surface area contributed by atoms with Gasteiger partial charge in [-0.1, -0.05) is 27.7 Å². The van der Waals surface area contributed by atoms with Crippen molar-refractivity contribution in [2.24, 2.45) is 11.3 Å². The van der Waals surface area contributed by atoms with Gasteiger partial charge in [-0.05, 0) is 44.1 Å². The monoisotopic (exact) mass is 293 g/mol. The highest BCUT2D eigenvalue weighted by atomic mass is 16.5. The zero-order valence-electron chi connectivity index (χ0n) is 14.4. The summed E-state index contributed by atoms with van der Waals surface area (Å²) in [4.78, 5) is 0. The molecule has 2 rings (SSSR count). The second-order valence-electron chi connectivity index (χ2n) is 7.59. The Morgan fingerprint density at radius 3 is 2.67 bits per heavy atom. The van der Waals surface area contributed by atoms with Crippen LogP contribution < -0.4 is 0 Å². The fourth-order valence-corrected chi connectivity index (χ4v) is 3.63. The Morgan fingerprint density at radius 1 is 1.43 bits per heavy atom. The Morgan fingerprint density at radius 2 is 2.10 bits per heavy atom. The molecule has 0 saturated heterocycles. The van der Waals surface area contributed by atoms with Crippen molar-refractivity contribution in [1.29, 1.82) is 0 Å². The number of aryl methyl sites for hydroxylation is 1. The second kappa shape index (κ2) is 6.13. The summed E-state index contributed by atoms with van der Waals surface area (Å²) in [7, 11) is 0. The van der Waals surface area contributed by atoms with Crippen LogP contribution in [0, 0.1) is 18.3 Å². The number of hydrogen-bond donors (Lipinski definition) is 1. The standard InChI is InChI=1S/C18H31NO2/c1-7-21-11-16(12(2)3)19-13(4)8-14-15(19)9-18(5,6)10-17(14)20/h8,12,16-17,20H,7,9-11H2,1-6H3. The molecule has 0 spiro atoms. The molecule has 2 atom stereocenters. The van der Waals surface area contributed by atoms with Gasteiger partial charge in [0.05, 0.1) is 18.8 Å². The number of aliphatic hydroxyl groups excluding tert-OH is 1. The summed E-state index contributed by atoms with van der Waals surface area (Å²) >= 11 is 0. The summed E-state index contributed by atoms with van der Waals surface area (Å²) in [5.74, 6) is 0.508. The molecular formula is C18H31NO2. The molecule has 120 valence electrons. The van der Waals surface area contributed by atoms with Crippen molar-refractivity contribution in [3.8, 4) is 0 Å². The van der Waals surface area contributed by atoms with E-state index in [0.29, 0.717) is 12.0 Å². The largest absolute Gasteiger partial charge is 0.388 e. The van der Waals surface area contributed by atoms with Crippen LogP contribution in [-0.4, -0.2) is 22.9 Å². The maximum absolute atomic E-state index is 10.5. The molecule has 1 aromatic heterocycles. The Kier molecular flexibility index (Phi) is 4.84. The number of hydrogen-bond acceptors (Lipinski definition) is 2. The smallest absolute Gasteiger partial charge is 0.0812 e. The zero-order valence-corrected chi connectivity index (χ0v) is 14.4. The van der Waals surface area contributed by atoms with Crippen molar-refractivity contribution < 1.29 is 9.84 Å². The number of aromatic nitrogens is 1. The van der Waals surface area contributed by atoms with Gasteiger partial charge in [-0.25, -0.2) is 0 Å². The maximum Gasteiger partial charge on any atom is 0.0812 e. The fraction of sp³-hybridized carbons (Fsp3) is 0.778. The SMILES string of the molecule is CCOCC(C(C)C)n1c(C)cc2c1CC(C)(C)CC2O. The predicted octanol–water partition coefficient (Wildman–Crippen LogP) is 4.04. The van der Waals surface area contributed by atoms with E-state index in [1.807, 2.05) is 6.92 Å². The molecule has 0 amide bonds. The minimum absolute atomic E-state index is 0.155. The van der Waals surface area contributed by atoms with Gasteiger partial charge in [-0.15, -0.1) is 0 Å². The molecule has 21 heavy (non-hydrogen) atoms. The molecule has 0 fully saturated rings. The van der Waals surface area contributed by atoms with Crippen LogP contribution in [0.3, 0.4) is 0 Å². The zero-order chi connectivity index (χ0) is 15.8. The Labute approximate surface area is 129 Å². The molecule has 1 aliphatic carbocycles. The summed E-state index contributed by atoms with van der Waals surface area (Å²) in [6.07, 6.45) is 1.55. The van der Waals surface area contributed by atoms with Gasteiger partial charge in [-0.3, -0.25) is 0 Å². The predicted molar refractivity (Wildman–Crippen MR) is 86.6 cm³/mol. The quantitative estimate of drug-likeness (QED) is 0.889. The first-order chi connectivity index (χ1) is 9.76. The van der Waals surface area contributed by atoms with Crippen molar-refractivity contribution in [2.75, 3.05) is 13.2 Å². The van der Waals surface area contributed by atoms with E-state index in [1.165, 1.54) is 11.4 Å². The van der Waals surface area contributed by atoms with E-state index >= 15 is 0 Å². The summed E-state index contributed by atoms with van der Waals surface area (Å²) in [5, 5.41) is 10.5. The molecule has 1 heterocycles. The Bertz CT molecular complexity index is 488. The summed E-state index contributed by atoms with van der Waals surface area (Å²) < 4.78 is 8.15. The molecule has 0 aliphatic heterocycles. The van der Waals surface area contributed by atoms with Crippen LogP contribution in [0.2, 0.25) is 0 Å². The first kappa shape index (κ1) is 16.6. The van der Waals surface area contributed by atoms with Gasteiger partial charge in [0.1, 0.15) is 0 Å². The summed E-state index contributed by atoms with van der Waals surface area (Å²) in [6, 6.07) is 2.52. The average molecular weight is 293 g/mol. The molecule has 3 nitrogen and oxygen atoms in total. The Hall–Kier alpha value is -0.800. The normalized spacial score (nSPS) is 22.4. The van der Waals surface area contributed by atoms with E-state index in [4.69, 9.17) is 4.74 Å². The van der Waals surface area contributed by atoms with E-state index in [0.717, 1.165) is 31.6 Å². The van der Waals surface area contributed by atoms with Crippen molar-refractivity contribution in [3.63, 3.8) is 0 Å². The minimum atomic E-state index is -0.330. The topological polar surface area (TPSA) is 34.4 Å². The van der Waals surface area contributed by atoms with Crippen molar-refractivity contribution >= 4 is 0 Å². The van der Waals surface area contributed by atoms with Crippen molar-refractivity contribution in [2.45, 2.75) is 66.5 Å². The summed E-state index contributed by atoms with van der Waals surface area (Å²) in [5.41, 5.74) is 3.85. The van der Waals surface area contributed by atoms with E-state index in [1.54, 1.807) is 0 Å².